The number of rotatable bonds is 7. The number of fused-ring (bicyclic) bond motifs is 1. The Bertz CT molecular complexity index is 704. The van der Waals surface area contributed by atoms with E-state index in [0.29, 0.717) is 0 Å². The molecule has 2 heteroatoms. The number of benzene rings is 3. The Morgan fingerprint density at radius 2 is 1.55 bits per heavy atom. The summed E-state index contributed by atoms with van der Waals surface area (Å²) in [5.41, 5.74) is 1.32. The van der Waals surface area contributed by atoms with Crippen LogP contribution in [0.1, 0.15) is 12.0 Å². The summed E-state index contributed by atoms with van der Waals surface area (Å²) in [5, 5.41) is 5.85. The third-order valence-corrected chi connectivity index (χ3v) is 3.68. The van der Waals surface area contributed by atoms with Crippen molar-refractivity contribution in [2.45, 2.75) is 13.0 Å². The maximum atomic E-state index is 5.93. The molecule has 112 valence electrons. The first-order valence-corrected chi connectivity index (χ1v) is 7.79. The van der Waals surface area contributed by atoms with E-state index in [-0.39, 0.29) is 0 Å². The third-order valence-electron chi connectivity index (χ3n) is 3.68. The maximum Gasteiger partial charge on any atom is 0.127 e. The van der Waals surface area contributed by atoms with E-state index in [2.05, 4.69) is 59.9 Å². The van der Waals surface area contributed by atoms with Crippen LogP contribution in [0.25, 0.3) is 10.8 Å². The minimum absolute atomic E-state index is 0.732. The first-order chi connectivity index (χ1) is 10.9. The Hall–Kier alpha value is -2.32. The SMILES string of the molecule is c1ccc(CNCCCOc2cccc3ccccc23)cc1. The van der Waals surface area contributed by atoms with Crippen LogP contribution in [0.15, 0.2) is 72.8 Å². The number of ether oxygens (including phenoxy) is 1. The first-order valence-electron chi connectivity index (χ1n) is 7.79. The van der Waals surface area contributed by atoms with Crippen molar-refractivity contribution >= 4 is 10.8 Å². The zero-order valence-electron chi connectivity index (χ0n) is 12.7. The van der Waals surface area contributed by atoms with Crippen molar-refractivity contribution in [2.24, 2.45) is 0 Å². The van der Waals surface area contributed by atoms with Gasteiger partial charge in [0.1, 0.15) is 5.75 Å². The topological polar surface area (TPSA) is 21.3 Å². The fraction of sp³-hybridized carbons (Fsp3) is 0.200. The van der Waals surface area contributed by atoms with Crippen molar-refractivity contribution in [3.05, 3.63) is 78.4 Å². The lowest BCUT2D eigenvalue weighted by Gasteiger charge is -2.10. The predicted octanol–water partition coefficient (Wildman–Crippen LogP) is 4.40. The van der Waals surface area contributed by atoms with Crippen molar-refractivity contribution in [3.63, 3.8) is 0 Å². The van der Waals surface area contributed by atoms with Crippen LogP contribution in [0.4, 0.5) is 0 Å². The smallest absolute Gasteiger partial charge is 0.127 e. The van der Waals surface area contributed by atoms with Crippen molar-refractivity contribution < 1.29 is 4.74 Å². The van der Waals surface area contributed by atoms with Crippen LogP contribution in [-0.4, -0.2) is 13.2 Å². The van der Waals surface area contributed by atoms with E-state index in [1.807, 2.05) is 18.2 Å². The zero-order chi connectivity index (χ0) is 15.0. The highest BCUT2D eigenvalue weighted by Crippen LogP contribution is 2.25. The zero-order valence-corrected chi connectivity index (χ0v) is 12.7. The van der Waals surface area contributed by atoms with Crippen molar-refractivity contribution in [1.82, 2.24) is 5.32 Å². The molecule has 0 aromatic heterocycles. The van der Waals surface area contributed by atoms with Gasteiger partial charge < -0.3 is 10.1 Å². The average Bonchev–Trinajstić information content (AvgIpc) is 2.59. The largest absolute Gasteiger partial charge is 0.493 e. The molecule has 0 saturated heterocycles. The van der Waals surface area contributed by atoms with Gasteiger partial charge in [-0.15, -0.1) is 0 Å². The maximum absolute atomic E-state index is 5.93. The third kappa shape index (κ3) is 3.86. The molecule has 0 radical (unpaired) electrons. The minimum atomic E-state index is 0.732. The molecule has 22 heavy (non-hydrogen) atoms. The van der Waals surface area contributed by atoms with Gasteiger partial charge in [0.15, 0.2) is 0 Å². The number of nitrogens with one attached hydrogen (secondary N) is 1. The predicted molar refractivity (Wildman–Crippen MR) is 92.2 cm³/mol. The van der Waals surface area contributed by atoms with Gasteiger partial charge in [0.05, 0.1) is 6.61 Å². The van der Waals surface area contributed by atoms with E-state index >= 15 is 0 Å². The molecule has 0 aliphatic heterocycles. The second kappa shape index (κ2) is 7.62. The molecular formula is C20H21NO. The molecule has 3 aromatic carbocycles. The van der Waals surface area contributed by atoms with Gasteiger partial charge >= 0.3 is 0 Å². The van der Waals surface area contributed by atoms with Gasteiger partial charge in [0, 0.05) is 11.9 Å². The van der Waals surface area contributed by atoms with Crippen LogP contribution < -0.4 is 10.1 Å². The van der Waals surface area contributed by atoms with Crippen LogP contribution in [0, 0.1) is 0 Å². The van der Waals surface area contributed by atoms with E-state index in [9.17, 15) is 0 Å². The first kappa shape index (κ1) is 14.6. The highest BCUT2D eigenvalue weighted by atomic mass is 16.5. The van der Waals surface area contributed by atoms with Crippen LogP contribution in [0.5, 0.6) is 5.75 Å². The molecule has 0 amide bonds. The van der Waals surface area contributed by atoms with Crippen LogP contribution in [0.3, 0.4) is 0 Å². The summed E-state index contributed by atoms with van der Waals surface area (Å²) in [6.07, 6.45) is 0.996. The lowest BCUT2D eigenvalue weighted by molar-refractivity contribution is 0.311. The second-order valence-electron chi connectivity index (χ2n) is 5.34. The van der Waals surface area contributed by atoms with Gasteiger partial charge in [-0.05, 0) is 30.0 Å². The minimum Gasteiger partial charge on any atom is -0.493 e. The highest BCUT2D eigenvalue weighted by molar-refractivity contribution is 5.88. The summed E-state index contributed by atoms with van der Waals surface area (Å²) in [4.78, 5) is 0. The lowest BCUT2D eigenvalue weighted by atomic mass is 10.1. The Morgan fingerprint density at radius 1 is 0.773 bits per heavy atom. The van der Waals surface area contributed by atoms with Gasteiger partial charge in [0.25, 0.3) is 0 Å². The fourth-order valence-corrected chi connectivity index (χ4v) is 2.53. The molecule has 0 unspecified atom stereocenters. The molecule has 2 nitrogen and oxygen atoms in total. The standard InChI is InChI=1S/C20H21NO/c1-2-8-17(9-3-1)16-21-14-7-15-22-20-13-6-11-18-10-4-5-12-19(18)20/h1-6,8-13,21H,7,14-16H2. The van der Waals surface area contributed by atoms with Crippen LogP contribution >= 0.6 is 0 Å². The summed E-state index contributed by atoms with van der Waals surface area (Å²) in [7, 11) is 0. The summed E-state index contributed by atoms with van der Waals surface area (Å²) in [6.45, 7) is 2.60. The molecule has 0 saturated carbocycles. The van der Waals surface area contributed by atoms with Gasteiger partial charge in [-0.3, -0.25) is 0 Å². The van der Waals surface area contributed by atoms with Crippen molar-refractivity contribution in [1.29, 1.82) is 0 Å². The van der Waals surface area contributed by atoms with Gasteiger partial charge in [-0.2, -0.15) is 0 Å². The van der Waals surface area contributed by atoms with E-state index in [0.717, 1.165) is 31.9 Å². The fourth-order valence-electron chi connectivity index (χ4n) is 2.53. The lowest BCUT2D eigenvalue weighted by Crippen LogP contribution is -2.16. The monoisotopic (exact) mass is 291 g/mol. The Labute approximate surface area is 131 Å². The molecule has 0 bridgehead atoms. The summed E-state index contributed by atoms with van der Waals surface area (Å²) < 4.78 is 5.93. The number of hydrogen-bond donors (Lipinski definition) is 1. The normalized spacial score (nSPS) is 10.7. The molecule has 0 aliphatic rings. The summed E-state index contributed by atoms with van der Waals surface area (Å²) in [6, 6.07) is 25.0. The van der Waals surface area contributed by atoms with E-state index in [1.54, 1.807) is 0 Å². The van der Waals surface area contributed by atoms with Crippen molar-refractivity contribution in [3.8, 4) is 5.75 Å². The molecule has 0 spiro atoms. The summed E-state index contributed by atoms with van der Waals surface area (Å²) in [5.74, 6) is 0.973. The van der Waals surface area contributed by atoms with Gasteiger partial charge in [0.2, 0.25) is 0 Å². The Balaban J connectivity index is 1.43. The van der Waals surface area contributed by atoms with E-state index < -0.39 is 0 Å². The molecule has 3 aromatic rings. The van der Waals surface area contributed by atoms with Crippen molar-refractivity contribution in [2.75, 3.05) is 13.2 Å². The molecule has 0 heterocycles. The molecule has 0 atom stereocenters. The quantitative estimate of drug-likeness (QED) is 0.651. The van der Waals surface area contributed by atoms with Crippen LogP contribution in [0.2, 0.25) is 0 Å². The Kier molecular flexibility index (Phi) is 5.06. The molecule has 1 N–H and O–H groups in total. The number of hydrogen-bond acceptors (Lipinski definition) is 2. The molecular weight excluding hydrogens is 270 g/mol. The molecule has 3 rings (SSSR count). The van der Waals surface area contributed by atoms with Crippen LogP contribution in [-0.2, 0) is 6.54 Å². The molecule has 0 fully saturated rings. The van der Waals surface area contributed by atoms with E-state index in [1.165, 1.54) is 16.3 Å². The average molecular weight is 291 g/mol. The molecule has 0 aliphatic carbocycles. The van der Waals surface area contributed by atoms with Gasteiger partial charge in [-0.25, -0.2) is 0 Å². The highest BCUT2D eigenvalue weighted by Gasteiger charge is 2.00. The Morgan fingerprint density at radius 3 is 2.45 bits per heavy atom. The van der Waals surface area contributed by atoms with Gasteiger partial charge in [-0.1, -0.05) is 66.7 Å². The second-order valence-corrected chi connectivity index (χ2v) is 5.34. The van der Waals surface area contributed by atoms with E-state index in [4.69, 9.17) is 4.74 Å². The summed E-state index contributed by atoms with van der Waals surface area (Å²) >= 11 is 0.